The zero-order chi connectivity index (χ0) is 25.5. The van der Waals surface area contributed by atoms with Gasteiger partial charge in [-0.2, -0.15) is 0 Å². The molecule has 11 atom stereocenters. The molecular weight excluding hydrogens is 448 g/mol. The molecule has 1 aliphatic heterocycles. The van der Waals surface area contributed by atoms with Crippen molar-refractivity contribution in [2.45, 2.75) is 90.1 Å². The molecule has 0 bridgehead atoms. The third-order valence-electron chi connectivity index (χ3n) is 11.4. The lowest BCUT2D eigenvalue weighted by Crippen LogP contribution is -2.73. The zero-order valence-corrected chi connectivity index (χ0v) is 21.2. The smallest absolute Gasteiger partial charge is 0.336 e. The Labute approximate surface area is 207 Å². The summed E-state index contributed by atoms with van der Waals surface area (Å²) < 4.78 is 5.80. The lowest BCUT2D eigenvalue weighted by molar-refractivity contribution is -0.258. The molecule has 1 heterocycles. The summed E-state index contributed by atoms with van der Waals surface area (Å²) >= 11 is 0. The maximum Gasteiger partial charge on any atom is 0.336 e. The van der Waals surface area contributed by atoms with Crippen molar-refractivity contribution in [3.63, 3.8) is 0 Å². The van der Waals surface area contributed by atoms with Gasteiger partial charge in [-0.05, 0) is 93.1 Å². The molecule has 4 N–H and O–H groups in total. The van der Waals surface area contributed by atoms with Crippen molar-refractivity contribution >= 4 is 11.8 Å². The number of carbonyl (C=O) groups excluding carboxylic acids is 2. The highest BCUT2D eigenvalue weighted by Gasteiger charge is 2.71. The molecule has 0 spiro atoms. The zero-order valence-electron chi connectivity index (χ0n) is 21.2. The summed E-state index contributed by atoms with van der Waals surface area (Å²) in [5, 5.41) is 42.9. The number of hydrogen-bond acceptors (Lipinski definition) is 7. The van der Waals surface area contributed by atoms with Gasteiger partial charge in [0.1, 0.15) is 17.8 Å². The highest BCUT2D eigenvalue weighted by atomic mass is 16.5. The molecule has 7 heteroatoms. The van der Waals surface area contributed by atoms with Gasteiger partial charge < -0.3 is 25.2 Å². The van der Waals surface area contributed by atoms with Gasteiger partial charge in [0.2, 0.25) is 0 Å². The fourth-order valence-electron chi connectivity index (χ4n) is 9.30. The van der Waals surface area contributed by atoms with Gasteiger partial charge in [0.15, 0.2) is 5.78 Å². The predicted octanol–water partition coefficient (Wildman–Crippen LogP) is 2.31. The first kappa shape index (κ1) is 25.1. The van der Waals surface area contributed by atoms with Gasteiger partial charge in [-0.15, -0.1) is 0 Å². The molecule has 3 fully saturated rings. The summed E-state index contributed by atoms with van der Waals surface area (Å²) in [5.41, 5.74) is -1.86. The van der Waals surface area contributed by atoms with Gasteiger partial charge >= 0.3 is 5.97 Å². The number of esters is 1. The van der Waals surface area contributed by atoms with E-state index in [1.54, 1.807) is 6.92 Å². The number of hydrogen-bond donors (Lipinski definition) is 4. The van der Waals surface area contributed by atoms with Crippen LogP contribution in [0.5, 0.6) is 0 Å². The predicted molar refractivity (Wildman–Crippen MR) is 128 cm³/mol. The van der Waals surface area contributed by atoms with E-state index < -0.39 is 29.2 Å². The summed E-state index contributed by atoms with van der Waals surface area (Å²) in [6, 6.07) is 0. The van der Waals surface area contributed by atoms with Crippen molar-refractivity contribution < 1.29 is 34.8 Å². The second kappa shape index (κ2) is 8.23. The van der Waals surface area contributed by atoms with Gasteiger partial charge in [-0.25, -0.2) is 4.79 Å². The Morgan fingerprint density at radius 2 is 1.86 bits per heavy atom. The first-order valence-electron chi connectivity index (χ1n) is 13.2. The molecule has 0 aromatic rings. The van der Waals surface area contributed by atoms with Crippen LogP contribution in [-0.2, 0) is 14.3 Å². The number of cyclic esters (lactones) is 1. The first-order valence-corrected chi connectivity index (χ1v) is 13.2. The third kappa shape index (κ3) is 3.17. The van der Waals surface area contributed by atoms with Crippen molar-refractivity contribution in [3.05, 3.63) is 23.3 Å². The topological polar surface area (TPSA) is 124 Å². The molecule has 4 aliphatic carbocycles. The summed E-state index contributed by atoms with van der Waals surface area (Å²) in [7, 11) is 0. The minimum atomic E-state index is -1.87. The standard InChI is InChI=1S/C28H40O7/c1-14-11-21(35-25(33)17(14)13-29)15(2)18-5-6-19-16-12-24(32)28(34)23(31)8-7-22(30)27(28,4)20(16)9-10-26(18,19)3/h7-8,15-16,18-21,23-24,29,31-32,34H,5-6,9-13H2,1-4H3/t15?,16-,18+,19-,20-,21+,23-,24-,26+,27-,28+/m0/s1. The molecule has 7 nitrogen and oxygen atoms in total. The van der Waals surface area contributed by atoms with E-state index >= 15 is 0 Å². The number of ketones is 1. The monoisotopic (exact) mass is 488 g/mol. The van der Waals surface area contributed by atoms with Crippen LogP contribution in [0.3, 0.4) is 0 Å². The first-order chi connectivity index (χ1) is 16.4. The minimum absolute atomic E-state index is 0.0282. The number of allylic oxidation sites excluding steroid dienone is 1. The van der Waals surface area contributed by atoms with E-state index in [9.17, 15) is 30.0 Å². The van der Waals surface area contributed by atoms with Crippen LogP contribution < -0.4 is 0 Å². The van der Waals surface area contributed by atoms with Crippen LogP contribution in [0.1, 0.15) is 66.2 Å². The molecule has 0 saturated heterocycles. The maximum absolute atomic E-state index is 13.2. The van der Waals surface area contributed by atoms with Gasteiger partial charge in [0.25, 0.3) is 0 Å². The summed E-state index contributed by atoms with van der Waals surface area (Å²) in [5.74, 6) is 0.0915. The third-order valence-corrected chi connectivity index (χ3v) is 11.4. The van der Waals surface area contributed by atoms with E-state index in [-0.39, 0.29) is 47.6 Å². The van der Waals surface area contributed by atoms with Crippen LogP contribution in [0.4, 0.5) is 0 Å². The molecule has 5 aliphatic rings. The van der Waals surface area contributed by atoms with Gasteiger partial charge in [0.05, 0.1) is 23.7 Å². The lowest BCUT2D eigenvalue weighted by atomic mass is 9.42. The lowest BCUT2D eigenvalue weighted by Gasteiger charge is -2.63. The number of aliphatic hydroxyl groups excluding tert-OH is 3. The van der Waals surface area contributed by atoms with E-state index in [2.05, 4.69) is 13.8 Å². The average Bonchev–Trinajstić information content (AvgIpc) is 3.16. The Bertz CT molecular complexity index is 986. The normalized spacial score (nSPS) is 50.3. The Hall–Kier alpha value is -1.54. The molecule has 3 saturated carbocycles. The van der Waals surface area contributed by atoms with Crippen LogP contribution in [-0.4, -0.2) is 62.7 Å². The quantitative estimate of drug-likeness (QED) is 0.450. The van der Waals surface area contributed by atoms with Crippen LogP contribution in [0.2, 0.25) is 0 Å². The highest BCUT2D eigenvalue weighted by Crippen LogP contribution is 2.68. The SMILES string of the molecule is CC1=C(CO)C(=O)O[C@@H](C(C)[C@H]2CC[C@H]3[C@@H]4C[C@H](O)[C@]5(O)[C@@H](O)C=CC(=O)[C@]5(C)[C@H]4CC[C@]23C)C1. The fourth-order valence-corrected chi connectivity index (χ4v) is 9.30. The van der Waals surface area contributed by atoms with Crippen LogP contribution in [0.25, 0.3) is 0 Å². The van der Waals surface area contributed by atoms with E-state index in [1.807, 2.05) is 6.92 Å². The summed E-state index contributed by atoms with van der Waals surface area (Å²) in [6.07, 6.45) is 4.62. The molecule has 5 rings (SSSR count). The molecule has 0 radical (unpaired) electrons. The Balaban J connectivity index is 1.43. The summed E-state index contributed by atoms with van der Waals surface area (Å²) in [4.78, 5) is 25.7. The number of aliphatic hydroxyl groups is 4. The second-order valence-corrected chi connectivity index (χ2v) is 12.5. The van der Waals surface area contributed by atoms with Crippen molar-refractivity contribution in [2.75, 3.05) is 6.61 Å². The maximum atomic E-state index is 13.2. The van der Waals surface area contributed by atoms with E-state index in [4.69, 9.17) is 4.74 Å². The molecule has 1 unspecified atom stereocenters. The van der Waals surface area contributed by atoms with Crippen molar-refractivity contribution in [1.29, 1.82) is 0 Å². The number of ether oxygens (including phenoxy) is 1. The van der Waals surface area contributed by atoms with Gasteiger partial charge in [-0.1, -0.05) is 19.4 Å². The number of fused-ring (bicyclic) bond motifs is 5. The van der Waals surface area contributed by atoms with E-state index in [0.717, 1.165) is 31.3 Å². The van der Waals surface area contributed by atoms with Crippen LogP contribution in [0.15, 0.2) is 23.3 Å². The molecule has 35 heavy (non-hydrogen) atoms. The average molecular weight is 489 g/mol. The molecule has 194 valence electrons. The molecular formula is C28H40O7. The van der Waals surface area contributed by atoms with E-state index in [0.29, 0.717) is 24.3 Å². The Morgan fingerprint density at radius 3 is 2.51 bits per heavy atom. The van der Waals surface area contributed by atoms with E-state index in [1.165, 1.54) is 12.2 Å². The summed E-state index contributed by atoms with van der Waals surface area (Å²) in [6.45, 7) is 7.83. The van der Waals surface area contributed by atoms with Crippen molar-refractivity contribution in [2.24, 2.45) is 40.4 Å². The van der Waals surface area contributed by atoms with Crippen molar-refractivity contribution in [3.8, 4) is 0 Å². The number of carbonyl (C=O) groups is 2. The number of rotatable bonds is 3. The Morgan fingerprint density at radius 1 is 1.14 bits per heavy atom. The fraction of sp³-hybridized carbons (Fsp3) is 0.786. The molecule has 0 amide bonds. The van der Waals surface area contributed by atoms with Gasteiger partial charge in [0, 0.05) is 6.42 Å². The van der Waals surface area contributed by atoms with Crippen molar-refractivity contribution in [1.82, 2.24) is 0 Å². The molecule has 0 aromatic carbocycles. The highest BCUT2D eigenvalue weighted by molar-refractivity contribution is 5.97. The van der Waals surface area contributed by atoms with Crippen LogP contribution in [0, 0.1) is 40.4 Å². The minimum Gasteiger partial charge on any atom is -0.458 e. The van der Waals surface area contributed by atoms with Gasteiger partial charge in [-0.3, -0.25) is 4.79 Å². The molecule has 0 aromatic heterocycles. The Kier molecular flexibility index (Phi) is 5.91. The van der Waals surface area contributed by atoms with Crippen LogP contribution >= 0.6 is 0 Å². The second-order valence-electron chi connectivity index (χ2n) is 12.5. The largest absolute Gasteiger partial charge is 0.458 e.